The van der Waals surface area contributed by atoms with E-state index >= 15 is 0 Å². The molecule has 1 N–H and O–H groups in total. The van der Waals surface area contributed by atoms with Crippen molar-refractivity contribution in [2.24, 2.45) is 7.05 Å². The number of pyridine rings is 1. The largest absolute Gasteiger partial charge is 0.378 e. The lowest BCUT2D eigenvalue weighted by Crippen LogP contribution is -2.36. The maximum absolute atomic E-state index is 12.4. The van der Waals surface area contributed by atoms with E-state index in [1.54, 1.807) is 19.3 Å². The second kappa shape index (κ2) is 7.24. The van der Waals surface area contributed by atoms with Crippen LogP contribution in [0.25, 0.3) is 11.0 Å². The van der Waals surface area contributed by atoms with Gasteiger partial charge in [-0.1, -0.05) is 12.1 Å². The number of aromatic nitrogens is 3. The van der Waals surface area contributed by atoms with E-state index in [2.05, 4.69) is 15.2 Å². The SMILES string of the molecule is Cn1c(=O)n(CC(=O)Nc2ccc(N3CCOCC3)cn2)c2ccccc21. The fraction of sp³-hybridized carbons (Fsp3) is 0.316. The van der Waals surface area contributed by atoms with E-state index in [1.807, 2.05) is 30.3 Å². The molecule has 0 saturated carbocycles. The van der Waals surface area contributed by atoms with Gasteiger partial charge in [0.05, 0.1) is 36.1 Å². The van der Waals surface area contributed by atoms with Crippen molar-refractivity contribution in [2.75, 3.05) is 36.5 Å². The molecule has 1 aliphatic rings. The molecule has 0 bridgehead atoms. The second-order valence-electron chi connectivity index (χ2n) is 6.47. The van der Waals surface area contributed by atoms with Crippen LogP contribution in [-0.4, -0.2) is 46.3 Å². The molecule has 1 aromatic carbocycles. The van der Waals surface area contributed by atoms with Crippen molar-refractivity contribution in [2.45, 2.75) is 6.54 Å². The van der Waals surface area contributed by atoms with E-state index in [0.717, 1.165) is 29.8 Å². The highest BCUT2D eigenvalue weighted by Crippen LogP contribution is 2.17. The van der Waals surface area contributed by atoms with Gasteiger partial charge < -0.3 is 15.0 Å². The molecule has 140 valence electrons. The molecule has 0 atom stereocenters. The van der Waals surface area contributed by atoms with Crippen LogP contribution in [-0.2, 0) is 23.1 Å². The van der Waals surface area contributed by atoms with E-state index in [1.165, 1.54) is 9.13 Å². The van der Waals surface area contributed by atoms with Gasteiger partial charge in [-0.25, -0.2) is 9.78 Å². The molecule has 8 nitrogen and oxygen atoms in total. The van der Waals surface area contributed by atoms with Crippen LogP contribution < -0.4 is 15.9 Å². The lowest BCUT2D eigenvalue weighted by atomic mass is 10.3. The molecule has 0 spiro atoms. The van der Waals surface area contributed by atoms with Crippen molar-refractivity contribution < 1.29 is 9.53 Å². The highest BCUT2D eigenvalue weighted by Gasteiger charge is 2.14. The molecule has 1 fully saturated rings. The van der Waals surface area contributed by atoms with Gasteiger partial charge in [-0.2, -0.15) is 0 Å². The van der Waals surface area contributed by atoms with Gasteiger partial charge in [-0.05, 0) is 24.3 Å². The maximum Gasteiger partial charge on any atom is 0.329 e. The molecule has 2 aromatic heterocycles. The highest BCUT2D eigenvalue weighted by atomic mass is 16.5. The van der Waals surface area contributed by atoms with E-state index in [4.69, 9.17) is 4.74 Å². The number of aryl methyl sites for hydroxylation is 1. The quantitative estimate of drug-likeness (QED) is 0.750. The molecular weight excluding hydrogens is 346 g/mol. The van der Waals surface area contributed by atoms with Crippen LogP contribution in [0.5, 0.6) is 0 Å². The van der Waals surface area contributed by atoms with Gasteiger partial charge in [0.2, 0.25) is 5.91 Å². The molecular formula is C19H21N5O3. The number of amides is 1. The summed E-state index contributed by atoms with van der Waals surface area (Å²) < 4.78 is 8.35. The minimum Gasteiger partial charge on any atom is -0.378 e. The van der Waals surface area contributed by atoms with Crippen LogP contribution in [0.3, 0.4) is 0 Å². The number of rotatable bonds is 4. The number of morpholine rings is 1. The number of imidazole rings is 1. The number of carbonyl (C=O) groups excluding carboxylic acids is 1. The maximum atomic E-state index is 12.4. The van der Waals surface area contributed by atoms with Gasteiger partial charge in [0.1, 0.15) is 12.4 Å². The molecule has 4 rings (SSSR count). The number of hydrogen-bond acceptors (Lipinski definition) is 5. The number of anilines is 2. The average Bonchev–Trinajstić information content (AvgIpc) is 2.94. The molecule has 8 heteroatoms. The molecule has 1 amide bonds. The predicted octanol–water partition coefficient (Wildman–Crippen LogP) is 1.21. The molecule has 0 aliphatic carbocycles. The number of nitrogens with one attached hydrogen (secondary N) is 1. The summed E-state index contributed by atoms with van der Waals surface area (Å²) in [6, 6.07) is 11.1. The Hall–Kier alpha value is -3.13. The Morgan fingerprint density at radius 2 is 1.89 bits per heavy atom. The van der Waals surface area contributed by atoms with Gasteiger partial charge in [-0.3, -0.25) is 13.9 Å². The summed E-state index contributed by atoms with van der Waals surface area (Å²) in [5.74, 6) is 0.172. The van der Waals surface area contributed by atoms with Crippen LogP contribution >= 0.6 is 0 Å². The van der Waals surface area contributed by atoms with E-state index < -0.39 is 0 Å². The number of carbonyl (C=O) groups is 1. The van der Waals surface area contributed by atoms with Crippen molar-refractivity contribution in [1.29, 1.82) is 0 Å². The van der Waals surface area contributed by atoms with Gasteiger partial charge in [0.25, 0.3) is 0 Å². The van der Waals surface area contributed by atoms with Gasteiger partial charge >= 0.3 is 5.69 Å². The van der Waals surface area contributed by atoms with Gasteiger partial charge in [-0.15, -0.1) is 0 Å². The third-order valence-corrected chi connectivity index (χ3v) is 4.75. The van der Waals surface area contributed by atoms with Crippen LogP contribution in [0.15, 0.2) is 47.4 Å². The first-order valence-electron chi connectivity index (χ1n) is 8.86. The molecule has 1 aliphatic heterocycles. The molecule has 0 radical (unpaired) electrons. The van der Waals surface area contributed by atoms with E-state index in [0.29, 0.717) is 19.0 Å². The third-order valence-electron chi connectivity index (χ3n) is 4.75. The highest BCUT2D eigenvalue weighted by molar-refractivity contribution is 5.90. The van der Waals surface area contributed by atoms with Crippen LogP contribution in [0.1, 0.15) is 0 Å². The summed E-state index contributed by atoms with van der Waals surface area (Å²) >= 11 is 0. The lowest BCUT2D eigenvalue weighted by molar-refractivity contribution is -0.116. The zero-order valence-electron chi connectivity index (χ0n) is 15.1. The second-order valence-corrected chi connectivity index (χ2v) is 6.47. The minimum absolute atomic E-state index is 0.0624. The van der Waals surface area contributed by atoms with Crippen LogP contribution in [0, 0.1) is 0 Å². The van der Waals surface area contributed by atoms with Gasteiger partial charge in [0.15, 0.2) is 0 Å². The first-order valence-corrected chi connectivity index (χ1v) is 8.86. The number of para-hydroxylation sites is 2. The summed E-state index contributed by atoms with van der Waals surface area (Å²) in [6.07, 6.45) is 1.74. The monoisotopic (exact) mass is 367 g/mol. The Balaban J connectivity index is 1.47. The van der Waals surface area contributed by atoms with Crippen molar-refractivity contribution in [3.8, 4) is 0 Å². The topological polar surface area (TPSA) is 81.4 Å². The summed E-state index contributed by atoms with van der Waals surface area (Å²) in [6.45, 7) is 3.01. The first kappa shape index (κ1) is 17.3. The smallest absolute Gasteiger partial charge is 0.329 e. The molecule has 1 saturated heterocycles. The number of fused-ring (bicyclic) bond motifs is 1. The minimum atomic E-state index is -0.292. The van der Waals surface area contributed by atoms with Crippen molar-refractivity contribution in [1.82, 2.24) is 14.1 Å². The van der Waals surface area contributed by atoms with Gasteiger partial charge in [0, 0.05) is 20.1 Å². The normalized spacial score (nSPS) is 14.5. The Labute approximate surface area is 156 Å². The van der Waals surface area contributed by atoms with Crippen LogP contribution in [0.2, 0.25) is 0 Å². The van der Waals surface area contributed by atoms with Crippen molar-refractivity contribution in [3.63, 3.8) is 0 Å². The number of ether oxygens (including phenoxy) is 1. The predicted molar refractivity (Wildman–Crippen MR) is 103 cm³/mol. The standard InChI is InChI=1S/C19H21N5O3/c1-22-15-4-2-3-5-16(15)24(19(22)26)13-18(25)21-17-7-6-14(12-20-17)23-8-10-27-11-9-23/h2-7,12H,8-11,13H2,1H3,(H,20,21,25). The van der Waals surface area contributed by atoms with Crippen LogP contribution in [0.4, 0.5) is 11.5 Å². The summed E-state index contributed by atoms with van der Waals surface area (Å²) in [5, 5.41) is 2.76. The fourth-order valence-corrected chi connectivity index (χ4v) is 3.31. The molecule has 27 heavy (non-hydrogen) atoms. The number of nitrogens with zero attached hydrogens (tertiary/aromatic N) is 4. The molecule has 0 unspecified atom stereocenters. The van der Waals surface area contributed by atoms with E-state index in [-0.39, 0.29) is 18.1 Å². The first-order chi connectivity index (χ1) is 13.1. The Kier molecular flexibility index (Phi) is 4.64. The summed E-state index contributed by atoms with van der Waals surface area (Å²) in [7, 11) is 1.70. The third kappa shape index (κ3) is 3.43. The zero-order chi connectivity index (χ0) is 18.8. The van der Waals surface area contributed by atoms with Crippen molar-refractivity contribution in [3.05, 3.63) is 53.1 Å². The Morgan fingerprint density at radius 1 is 1.15 bits per heavy atom. The summed E-state index contributed by atoms with van der Waals surface area (Å²) in [5.41, 5.74) is 2.31. The Bertz CT molecular complexity index is 1020. The average molecular weight is 367 g/mol. The lowest BCUT2D eigenvalue weighted by Gasteiger charge is -2.28. The molecule has 3 heterocycles. The van der Waals surface area contributed by atoms with E-state index in [9.17, 15) is 9.59 Å². The Morgan fingerprint density at radius 3 is 2.59 bits per heavy atom. The summed E-state index contributed by atoms with van der Waals surface area (Å²) in [4.78, 5) is 31.3. The zero-order valence-corrected chi connectivity index (χ0v) is 15.1. The molecule has 3 aromatic rings. The number of benzene rings is 1. The fourth-order valence-electron chi connectivity index (χ4n) is 3.31. The van der Waals surface area contributed by atoms with Crippen molar-refractivity contribution >= 4 is 28.4 Å². The number of hydrogen-bond donors (Lipinski definition) is 1.